The van der Waals surface area contributed by atoms with Crippen molar-refractivity contribution in [3.63, 3.8) is 0 Å². The molecular weight excluding hydrogens is 350 g/mol. The molecule has 0 N–H and O–H groups in total. The molecular formula is C23H33N3O2. The Labute approximate surface area is 168 Å². The van der Waals surface area contributed by atoms with E-state index in [0.29, 0.717) is 5.69 Å². The molecule has 152 valence electrons. The third kappa shape index (κ3) is 4.82. The number of rotatable bonds is 3. The first-order valence-corrected chi connectivity index (χ1v) is 10.0. The molecule has 1 aliphatic rings. The number of nitrogens with zero attached hydrogens (tertiary/aromatic N) is 3. The van der Waals surface area contributed by atoms with Gasteiger partial charge in [-0.25, -0.2) is 4.79 Å². The lowest BCUT2D eigenvalue weighted by Crippen LogP contribution is -2.31. The maximum Gasteiger partial charge on any atom is 0.359 e. The number of benzene rings is 1. The third-order valence-corrected chi connectivity index (χ3v) is 5.13. The van der Waals surface area contributed by atoms with Crippen molar-refractivity contribution >= 4 is 5.97 Å². The number of aromatic nitrogens is 2. The number of fused-ring (bicyclic) bond motifs is 1. The molecule has 0 saturated heterocycles. The molecule has 0 atom stereocenters. The Morgan fingerprint density at radius 2 is 1.82 bits per heavy atom. The topological polar surface area (TPSA) is 47.4 Å². The molecule has 0 fully saturated rings. The predicted molar refractivity (Wildman–Crippen MR) is 111 cm³/mol. The monoisotopic (exact) mass is 383 g/mol. The van der Waals surface area contributed by atoms with Gasteiger partial charge in [-0.2, -0.15) is 5.10 Å². The van der Waals surface area contributed by atoms with Gasteiger partial charge in [-0.15, -0.1) is 0 Å². The summed E-state index contributed by atoms with van der Waals surface area (Å²) in [6.45, 7) is 15.1. The van der Waals surface area contributed by atoms with Gasteiger partial charge in [0.05, 0.1) is 5.69 Å². The first kappa shape index (κ1) is 20.6. The second kappa shape index (κ2) is 7.36. The Kier molecular flexibility index (Phi) is 5.41. The molecule has 0 radical (unpaired) electrons. The summed E-state index contributed by atoms with van der Waals surface area (Å²) in [4.78, 5) is 14.7. The van der Waals surface area contributed by atoms with Gasteiger partial charge in [0.1, 0.15) is 5.60 Å². The smallest absolute Gasteiger partial charge is 0.359 e. The number of ether oxygens (including phenoxy) is 1. The summed E-state index contributed by atoms with van der Waals surface area (Å²) in [7, 11) is 1.89. The zero-order valence-corrected chi connectivity index (χ0v) is 18.3. The van der Waals surface area contributed by atoms with Crippen LogP contribution < -0.4 is 0 Å². The van der Waals surface area contributed by atoms with E-state index in [0.717, 1.165) is 31.7 Å². The van der Waals surface area contributed by atoms with Gasteiger partial charge in [-0.3, -0.25) is 9.58 Å². The van der Waals surface area contributed by atoms with E-state index in [2.05, 4.69) is 49.0 Å². The molecule has 1 aromatic carbocycles. The number of carbonyl (C=O) groups is 1. The van der Waals surface area contributed by atoms with Gasteiger partial charge in [-0.1, -0.05) is 39.0 Å². The molecule has 3 rings (SSSR count). The lowest BCUT2D eigenvalue weighted by molar-refractivity contribution is 0.00620. The summed E-state index contributed by atoms with van der Waals surface area (Å²) in [5, 5.41) is 4.36. The summed E-state index contributed by atoms with van der Waals surface area (Å²) < 4.78 is 7.23. The summed E-state index contributed by atoms with van der Waals surface area (Å²) in [6.07, 6.45) is 1.05. The minimum absolute atomic E-state index is 0.180. The average molecular weight is 384 g/mol. The van der Waals surface area contributed by atoms with E-state index in [1.54, 1.807) is 4.68 Å². The lowest BCUT2D eigenvalue weighted by atomic mass is 9.84. The van der Waals surface area contributed by atoms with Crippen LogP contribution in [0.25, 0.3) is 0 Å². The molecule has 0 bridgehead atoms. The standard InChI is InChI=1S/C23H33N3O2/c1-22(2,3)18-9-8-17-14-26(11-10-16(17)12-18)15-19-13-20(24-25(19)7)21(27)28-23(4,5)6/h8-9,12-13H,10-11,14-15H2,1-7H3. The molecule has 0 saturated carbocycles. The quantitative estimate of drug-likeness (QED) is 0.744. The largest absolute Gasteiger partial charge is 0.455 e. The molecule has 0 unspecified atom stereocenters. The lowest BCUT2D eigenvalue weighted by Gasteiger charge is -2.30. The van der Waals surface area contributed by atoms with Crippen LogP contribution in [0, 0.1) is 0 Å². The van der Waals surface area contributed by atoms with Gasteiger partial charge < -0.3 is 4.74 Å². The second-order valence-electron chi connectivity index (χ2n) is 9.84. The maximum atomic E-state index is 12.3. The van der Waals surface area contributed by atoms with E-state index in [4.69, 9.17) is 4.74 Å². The van der Waals surface area contributed by atoms with Gasteiger partial charge in [0.15, 0.2) is 5.69 Å². The van der Waals surface area contributed by atoms with Crippen molar-refractivity contribution < 1.29 is 9.53 Å². The minimum atomic E-state index is -0.517. The van der Waals surface area contributed by atoms with Gasteiger partial charge in [0.2, 0.25) is 0 Å². The van der Waals surface area contributed by atoms with Crippen molar-refractivity contribution in [1.82, 2.24) is 14.7 Å². The van der Waals surface area contributed by atoms with Crippen molar-refractivity contribution in [3.8, 4) is 0 Å². The Hall–Kier alpha value is -2.14. The number of carbonyl (C=O) groups excluding carboxylic acids is 1. The van der Waals surface area contributed by atoms with Crippen molar-refractivity contribution in [2.75, 3.05) is 6.54 Å². The Bertz CT molecular complexity index is 869. The fourth-order valence-electron chi connectivity index (χ4n) is 3.53. The molecule has 28 heavy (non-hydrogen) atoms. The van der Waals surface area contributed by atoms with E-state index in [1.807, 2.05) is 33.9 Å². The fraction of sp³-hybridized carbons (Fsp3) is 0.565. The van der Waals surface area contributed by atoms with Crippen LogP contribution in [0.4, 0.5) is 0 Å². The Balaban J connectivity index is 1.70. The summed E-state index contributed by atoms with van der Waals surface area (Å²) in [6, 6.07) is 8.76. The molecule has 0 spiro atoms. The normalized spacial score (nSPS) is 15.4. The molecule has 0 amide bonds. The highest BCUT2D eigenvalue weighted by atomic mass is 16.6. The van der Waals surface area contributed by atoms with Gasteiger partial charge in [-0.05, 0) is 55.4 Å². The zero-order chi connectivity index (χ0) is 20.7. The van der Waals surface area contributed by atoms with Crippen LogP contribution >= 0.6 is 0 Å². The van der Waals surface area contributed by atoms with Crippen LogP contribution in [-0.2, 0) is 36.7 Å². The van der Waals surface area contributed by atoms with Gasteiger partial charge in [0.25, 0.3) is 0 Å². The number of hydrogen-bond acceptors (Lipinski definition) is 4. The SMILES string of the molecule is Cn1nc(C(=O)OC(C)(C)C)cc1CN1CCc2cc(C(C)(C)C)ccc2C1. The highest BCUT2D eigenvalue weighted by molar-refractivity contribution is 5.87. The van der Waals surface area contributed by atoms with Gasteiger partial charge in [0, 0.05) is 26.7 Å². The van der Waals surface area contributed by atoms with E-state index in [-0.39, 0.29) is 11.4 Å². The van der Waals surface area contributed by atoms with Crippen LogP contribution in [0.5, 0.6) is 0 Å². The average Bonchev–Trinajstić information content (AvgIpc) is 2.93. The molecule has 0 aliphatic carbocycles. The van der Waals surface area contributed by atoms with E-state index in [1.165, 1.54) is 16.7 Å². The first-order valence-electron chi connectivity index (χ1n) is 10.0. The van der Waals surface area contributed by atoms with E-state index < -0.39 is 5.60 Å². The molecule has 5 heteroatoms. The van der Waals surface area contributed by atoms with E-state index >= 15 is 0 Å². The van der Waals surface area contributed by atoms with Crippen LogP contribution in [-0.4, -0.2) is 32.8 Å². The molecule has 1 aromatic heterocycles. The maximum absolute atomic E-state index is 12.3. The summed E-state index contributed by atoms with van der Waals surface area (Å²) >= 11 is 0. The summed E-state index contributed by atoms with van der Waals surface area (Å²) in [5.74, 6) is -0.368. The van der Waals surface area contributed by atoms with Crippen LogP contribution in [0.3, 0.4) is 0 Å². The second-order valence-corrected chi connectivity index (χ2v) is 9.84. The molecule has 2 aromatic rings. The fourth-order valence-corrected chi connectivity index (χ4v) is 3.53. The Morgan fingerprint density at radius 1 is 1.11 bits per heavy atom. The van der Waals surface area contributed by atoms with Crippen molar-refractivity contribution in [1.29, 1.82) is 0 Å². The number of esters is 1. The van der Waals surface area contributed by atoms with Crippen LogP contribution in [0.1, 0.15) is 74.4 Å². The first-order chi connectivity index (χ1) is 12.9. The predicted octanol–water partition coefficient (Wildman–Crippen LogP) is 4.23. The molecule has 5 nitrogen and oxygen atoms in total. The zero-order valence-electron chi connectivity index (χ0n) is 18.3. The van der Waals surface area contributed by atoms with Crippen molar-refractivity contribution in [2.24, 2.45) is 7.05 Å². The number of hydrogen-bond donors (Lipinski definition) is 0. The van der Waals surface area contributed by atoms with E-state index in [9.17, 15) is 4.79 Å². The van der Waals surface area contributed by atoms with Crippen LogP contribution in [0.15, 0.2) is 24.3 Å². The minimum Gasteiger partial charge on any atom is -0.455 e. The number of aryl methyl sites for hydroxylation is 1. The third-order valence-electron chi connectivity index (χ3n) is 5.13. The van der Waals surface area contributed by atoms with Crippen LogP contribution in [0.2, 0.25) is 0 Å². The highest BCUT2D eigenvalue weighted by Gasteiger charge is 2.24. The summed E-state index contributed by atoms with van der Waals surface area (Å²) in [5.41, 5.74) is 5.32. The molecule has 1 aliphatic heterocycles. The van der Waals surface area contributed by atoms with Crippen molar-refractivity contribution in [3.05, 3.63) is 52.3 Å². The highest BCUT2D eigenvalue weighted by Crippen LogP contribution is 2.28. The molecule has 2 heterocycles. The van der Waals surface area contributed by atoms with Gasteiger partial charge >= 0.3 is 5.97 Å². The van der Waals surface area contributed by atoms with Crippen molar-refractivity contribution in [2.45, 2.75) is 72.1 Å². The Morgan fingerprint density at radius 3 is 2.46 bits per heavy atom.